The van der Waals surface area contributed by atoms with Gasteiger partial charge in [-0.25, -0.2) is 14.2 Å². The van der Waals surface area contributed by atoms with Crippen molar-refractivity contribution in [2.45, 2.75) is 64.6 Å². The summed E-state index contributed by atoms with van der Waals surface area (Å²) in [4.78, 5) is 17.0. The molecule has 0 unspecified atom stereocenters. The molecule has 1 saturated carbocycles. The van der Waals surface area contributed by atoms with E-state index in [0.717, 1.165) is 25.7 Å². The summed E-state index contributed by atoms with van der Waals surface area (Å²) in [5.74, 6) is 2.93. The zero-order valence-electron chi connectivity index (χ0n) is 18.0. The van der Waals surface area contributed by atoms with Gasteiger partial charge in [0.2, 0.25) is 0 Å². The van der Waals surface area contributed by atoms with E-state index in [-0.39, 0.29) is 28.9 Å². The van der Waals surface area contributed by atoms with Crippen LogP contribution in [0.5, 0.6) is 0 Å². The first-order chi connectivity index (χ1) is 14.2. The fourth-order valence-corrected chi connectivity index (χ4v) is 4.32. The van der Waals surface area contributed by atoms with Gasteiger partial charge in [0.05, 0.1) is 22.9 Å². The molecule has 7 heteroatoms. The summed E-state index contributed by atoms with van der Waals surface area (Å²) in [7, 11) is -1.68. The molecule has 2 aromatic rings. The molecule has 3 rings (SSSR count). The van der Waals surface area contributed by atoms with Gasteiger partial charge in [-0.3, -0.25) is 4.57 Å². The Kier molecular flexibility index (Phi) is 7.05. The summed E-state index contributed by atoms with van der Waals surface area (Å²) < 4.78 is 22.1. The maximum absolute atomic E-state index is 15.3. The third-order valence-electron chi connectivity index (χ3n) is 5.07. The van der Waals surface area contributed by atoms with Crippen LogP contribution in [0.4, 0.5) is 4.39 Å². The lowest BCUT2D eigenvalue weighted by Crippen LogP contribution is -2.17. The van der Waals surface area contributed by atoms with E-state index in [2.05, 4.69) is 36.1 Å². The Hall–Kier alpha value is -2.10. The Bertz CT molecular complexity index is 995. The van der Waals surface area contributed by atoms with Crippen molar-refractivity contribution in [3.8, 4) is 17.2 Å². The van der Waals surface area contributed by atoms with Crippen molar-refractivity contribution in [3.63, 3.8) is 0 Å². The van der Waals surface area contributed by atoms with E-state index in [1.165, 1.54) is 12.5 Å². The van der Waals surface area contributed by atoms with E-state index in [9.17, 15) is 4.79 Å². The second-order valence-electron chi connectivity index (χ2n) is 8.67. The molecular formula is C23H28ClFN2O2Si. The highest BCUT2D eigenvalue weighted by Crippen LogP contribution is 2.35. The van der Waals surface area contributed by atoms with E-state index in [4.69, 9.17) is 16.3 Å². The molecule has 0 atom stereocenters. The third kappa shape index (κ3) is 5.14. The van der Waals surface area contributed by atoms with Gasteiger partial charge in [-0.15, -0.1) is 5.54 Å². The van der Waals surface area contributed by atoms with E-state index >= 15 is 4.39 Å². The Morgan fingerprint density at radius 1 is 1.30 bits per heavy atom. The average molecular weight is 447 g/mol. The van der Waals surface area contributed by atoms with Crippen LogP contribution < -0.4 is 0 Å². The molecule has 0 aliphatic heterocycles. The lowest BCUT2D eigenvalue weighted by atomic mass is 9.88. The summed E-state index contributed by atoms with van der Waals surface area (Å²) in [6.45, 7) is 8.40. The molecule has 160 valence electrons. The van der Waals surface area contributed by atoms with Gasteiger partial charge in [-0.1, -0.05) is 56.4 Å². The number of imidazole rings is 1. The number of rotatable bonds is 4. The lowest BCUT2D eigenvalue weighted by molar-refractivity contribution is 0.0520. The van der Waals surface area contributed by atoms with Gasteiger partial charge in [0.1, 0.15) is 13.9 Å². The van der Waals surface area contributed by atoms with Crippen molar-refractivity contribution < 1.29 is 13.9 Å². The minimum Gasteiger partial charge on any atom is -0.461 e. The van der Waals surface area contributed by atoms with Crippen molar-refractivity contribution >= 4 is 25.6 Å². The summed E-state index contributed by atoms with van der Waals surface area (Å²) in [6.07, 6.45) is 6.84. The normalized spacial score (nSPS) is 14.9. The number of carbonyl (C=O) groups excluding carboxylic acids is 1. The SMILES string of the molecule is CCOC(=O)c1cn(-c2c(C#C[Si](C)(C)C)ccc(Cl)c2F)c(C2CCCCC2)n1. The molecular weight excluding hydrogens is 419 g/mol. The number of nitrogens with zero attached hydrogens (tertiary/aromatic N) is 2. The molecule has 0 bridgehead atoms. The second kappa shape index (κ2) is 9.36. The first-order valence-electron chi connectivity index (χ1n) is 10.5. The number of hydrogen-bond acceptors (Lipinski definition) is 3. The van der Waals surface area contributed by atoms with Crippen LogP contribution in [0.2, 0.25) is 24.7 Å². The highest BCUT2D eigenvalue weighted by atomic mass is 35.5. The monoisotopic (exact) mass is 446 g/mol. The van der Waals surface area contributed by atoms with E-state index in [1.54, 1.807) is 23.8 Å². The van der Waals surface area contributed by atoms with Gasteiger partial charge in [0, 0.05) is 12.1 Å². The highest BCUT2D eigenvalue weighted by Gasteiger charge is 2.27. The average Bonchev–Trinajstić information content (AvgIpc) is 3.14. The predicted octanol–water partition coefficient (Wildman–Crippen LogP) is 6.12. The molecule has 1 aliphatic carbocycles. The minimum atomic E-state index is -1.68. The van der Waals surface area contributed by atoms with Crippen LogP contribution >= 0.6 is 11.6 Å². The zero-order chi connectivity index (χ0) is 21.9. The van der Waals surface area contributed by atoms with E-state index in [1.807, 2.05) is 0 Å². The molecule has 1 aromatic heterocycles. The first-order valence-corrected chi connectivity index (χ1v) is 14.4. The standard InChI is InChI=1S/C23H28ClFN2O2Si/c1-5-29-23(28)19-15-27(22(26-19)17-9-7-6-8-10-17)21-16(13-14-30(2,3)4)11-12-18(24)20(21)25/h11-12,15,17H,5-10H2,1-4H3. The molecule has 1 fully saturated rings. The summed E-state index contributed by atoms with van der Waals surface area (Å²) in [5.41, 5.74) is 4.29. The first kappa shape index (κ1) is 22.6. The van der Waals surface area contributed by atoms with Crippen molar-refractivity contribution in [3.05, 3.63) is 46.3 Å². The summed E-state index contributed by atoms with van der Waals surface area (Å²) >= 11 is 6.14. The highest BCUT2D eigenvalue weighted by molar-refractivity contribution is 6.83. The van der Waals surface area contributed by atoms with Crippen LogP contribution in [0.25, 0.3) is 5.69 Å². The number of ether oxygens (including phenoxy) is 1. The second-order valence-corrected chi connectivity index (χ2v) is 13.8. The molecule has 0 saturated heterocycles. The molecule has 0 radical (unpaired) electrons. The van der Waals surface area contributed by atoms with Gasteiger partial charge >= 0.3 is 5.97 Å². The van der Waals surface area contributed by atoms with Crippen molar-refractivity contribution in [2.75, 3.05) is 6.61 Å². The Balaban J connectivity index is 2.21. The van der Waals surface area contributed by atoms with Gasteiger partial charge in [0.25, 0.3) is 0 Å². The largest absolute Gasteiger partial charge is 0.461 e. The summed E-state index contributed by atoms with van der Waals surface area (Å²) in [6, 6.07) is 3.26. The fourth-order valence-electron chi connectivity index (χ4n) is 3.66. The smallest absolute Gasteiger partial charge is 0.358 e. The molecule has 1 aromatic carbocycles. The number of halogens is 2. The molecule has 0 N–H and O–H groups in total. The van der Waals surface area contributed by atoms with Gasteiger partial charge in [-0.05, 0) is 31.9 Å². The fraction of sp³-hybridized carbons (Fsp3) is 0.478. The van der Waals surface area contributed by atoms with Crippen molar-refractivity contribution in [2.24, 2.45) is 0 Å². The van der Waals surface area contributed by atoms with Crippen molar-refractivity contribution in [1.82, 2.24) is 9.55 Å². The van der Waals surface area contributed by atoms with Crippen molar-refractivity contribution in [1.29, 1.82) is 0 Å². The maximum Gasteiger partial charge on any atom is 0.358 e. The number of benzene rings is 1. The van der Waals surface area contributed by atoms with Crippen LogP contribution in [0.3, 0.4) is 0 Å². The molecule has 0 amide bonds. The number of esters is 1. The topological polar surface area (TPSA) is 44.1 Å². The molecule has 30 heavy (non-hydrogen) atoms. The van der Waals surface area contributed by atoms with Gasteiger partial charge in [0.15, 0.2) is 11.5 Å². The Labute approximate surface area is 183 Å². The molecule has 4 nitrogen and oxygen atoms in total. The number of hydrogen-bond donors (Lipinski definition) is 0. The molecule has 1 aliphatic rings. The lowest BCUT2D eigenvalue weighted by Gasteiger charge is -2.23. The minimum absolute atomic E-state index is 0.0181. The third-order valence-corrected chi connectivity index (χ3v) is 6.24. The van der Waals surface area contributed by atoms with Gasteiger partial charge in [-0.2, -0.15) is 0 Å². The number of aromatic nitrogens is 2. The van der Waals surface area contributed by atoms with E-state index in [0.29, 0.717) is 11.4 Å². The quantitative estimate of drug-likeness (QED) is 0.323. The molecule has 0 spiro atoms. The van der Waals surface area contributed by atoms with E-state index < -0.39 is 19.9 Å². The predicted molar refractivity (Wildman–Crippen MR) is 121 cm³/mol. The van der Waals surface area contributed by atoms with Crippen LogP contribution in [0.15, 0.2) is 18.3 Å². The summed E-state index contributed by atoms with van der Waals surface area (Å²) in [5, 5.41) is 0.0181. The van der Waals surface area contributed by atoms with Crippen LogP contribution in [0, 0.1) is 17.3 Å². The number of carbonyl (C=O) groups is 1. The van der Waals surface area contributed by atoms with Crippen LogP contribution in [-0.2, 0) is 4.74 Å². The van der Waals surface area contributed by atoms with Crippen LogP contribution in [0.1, 0.15) is 66.8 Å². The molecule has 1 heterocycles. The Morgan fingerprint density at radius 2 is 2.00 bits per heavy atom. The van der Waals surface area contributed by atoms with Crippen LogP contribution in [-0.4, -0.2) is 30.2 Å². The zero-order valence-corrected chi connectivity index (χ0v) is 19.8. The van der Waals surface area contributed by atoms with Gasteiger partial charge < -0.3 is 4.74 Å². The maximum atomic E-state index is 15.3. The Morgan fingerprint density at radius 3 is 2.63 bits per heavy atom.